The Morgan fingerprint density at radius 1 is 1.11 bits per heavy atom. The highest BCUT2D eigenvalue weighted by Gasteiger charge is 2.47. The molecule has 0 radical (unpaired) electrons. The van der Waals surface area contributed by atoms with E-state index >= 15 is 0 Å². The van der Waals surface area contributed by atoms with Crippen molar-refractivity contribution in [3.63, 3.8) is 0 Å². The number of imide groups is 1. The average molecular weight is 259 g/mol. The number of piperidine rings is 1. The highest BCUT2D eigenvalue weighted by molar-refractivity contribution is 6.01. The van der Waals surface area contributed by atoms with Gasteiger partial charge in [-0.3, -0.25) is 14.5 Å². The van der Waals surface area contributed by atoms with Gasteiger partial charge in [0.25, 0.3) is 0 Å². The molecular formula is C15H17NO3. The number of carbonyl (C=O) groups is 2. The van der Waals surface area contributed by atoms with Crippen LogP contribution in [0.3, 0.4) is 0 Å². The van der Waals surface area contributed by atoms with Crippen molar-refractivity contribution in [3.05, 3.63) is 35.9 Å². The third kappa shape index (κ3) is 1.96. The molecule has 2 amide bonds. The first kappa shape index (κ1) is 12.4. The Balaban J connectivity index is 1.95. The number of hydrogen-bond donors (Lipinski definition) is 1. The van der Waals surface area contributed by atoms with Crippen LogP contribution in [-0.4, -0.2) is 28.4 Å². The molecule has 3 atom stereocenters. The number of carbonyl (C=O) groups excluding carboxylic acids is 2. The van der Waals surface area contributed by atoms with Gasteiger partial charge < -0.3 is 5.11 Å². The molecule has 1 aromatic rings. The number of aliphatic hydroxyl groups is 1. The Morgan fingerprint density at radius 3 is 2.21 bits per heavy atom. The number of rotatable bonds is 3. The average Bonchev–Trinajstić information content (AvgIpc) is 2.89. The fourth-order valence-corrected chi connectivity index (χ4v) is 3.25. The number of amides is 2. The Labute approximate surface area is 112 Å². The van der Waals surface area contributed by atoms with E-state index in [0.717, 1.165) is 18.4 Å². The van der Waals surface area contributed by atoms with Crippen molar-refractivity contribution in [2.75, 3.05) is 6.61 Å². The van der Waals surface area contributed by atoms with Gasteiger partial charge in [0, 0.05) is 11.8 Å². The summed E-state index contributed by atoms with van der Waals surface area (Å²) in [6, 6.07) is 8.73. The number of nitrogens with zero attached hydrogens (tertiary/aromatic N) is 1. The smallest absolute Gasteiger partial charge is 0.232 e. The molecule has 2 unspecified atom stereocenters. The number of fused-ring (bicyclic) bond motifs is 2. The third-order valence-corrected chi connectivity index (χ3v) is 4.27. The molecule has 2 fully saturated rings. The first-order chi connectivity index (χ1) is 9.22. The van der Waals surface area contributed by atoms with Crippen LogP contribution >= 0.6 is 0 Å². The van der Waals surface area contributed by atoms with Gasteiger partial charge >= 0.3 is 0 Å². The maximum absolute atomic E-state index is 12.4. The molecule has 4 nitrogen and oxygen atoms in total. The lowest BCUT2D eigenvalue weighted by Gasteiger charge is -2.35. The summed E-state index contributed by atoms with van der Waals surface area (Å²) in [5, 5.41) is 9.61. The van der Waals surface area contributed by atoms with Crippen LogP contribution in [0.25, 0.3) is 0 Å². The van der Waals surface area contributed by atoms with E-state index in [-0.39, 0.29) is 30.3 Å². The van der Waals surface area contributed by atoms with E-state index in [0.29, 0.717) is 6.42 Å². The molecule has 1 heterocycles. The molecule has 0 aromatic heterocycles. The van der Waals surface area contributed by atoms with E-state index in [9.17, 15) is 14.7 Å². The van der Waals surface area contributed by atoms with E-state index in [1.807, 2.05) is 30.3 Å². The number of aliphatic hydroxyl groups excluding tert-OH is 1. The molecule has 0 spiro atoms. The predicted molar refractivity (Wildman–Crippen MR) is 69.0 cm³/mol. The van der Waals surface area contributed by atoms with Gasteiger partial charge in [-0.05, 0) is 24.8 Å². The summed E-state index contributed by atoms with van der Waals surface area (Å²) in [5.74, 6) is -0.274. The molecule has 19 heavy (non-hydrogen) atoms. The molecule has 1 N–H and O–H groups in total. The predicted octanol–water partition coefficient (Wildman–Crippen LogP) is 1.51. The second kappa shape index (κ2) is 4.78. The van der Waals surface area contributed by atoms with Crippen LogP contribution in [0.1, 0.15) is 30.9 Å². The molecule has 1 aliphatic heterocycles. The second-order valence-electron chi connectivity index (χ2n) is 5.36. The molecule has 1 aromatic carbocycles. The van der Waals surface area contributed by atoms with Gasteiger partial charge in [0.1, 0.15) is 0 Å². The summed E-state index contributed by atoms with van der Waals surface area (Å²) < 4.78 is 0. The van der Waals surface area contributed by atoms with Gasteiger partial charge in [0.15, 0.2) is 0 Å². The molecule has 100 valence electrons. The zero-order valence-electron chi connectivity index (χ0n) is 10.7. The van der Waals surface area contributed by atoms with Gasteiger partial charge in [-0.25, -0.2) is 0 Å². The largest absolute Gasteiger partial charge is 0.394 e. The molecule has 1 saturated carbocycles. The molecule has 4 heteroatoms. The van der Waals surface area contributed by atoms with E-state index in [4.69, 9.17) is 0 Å². The van der Waals surface area contributed by atoms with Crippen LogP contribution in [0.2, 0.25) is 0 Å². The molecule has 2 bridgehead atoms. The Morgan fingerprint density at radius 2 is 1.68 bits per heavy atom. The Hall–Kier alpha value is -1.68. The van der Waals surface area contributed by atoms with Crippen molar-refractivity contribution in [1.29, 1.82) is 0 Å². The summed E-state index contributed by atoms with van der Waals surface area (Å²) in [5.41, 5.74) is 0.813. The number of benzene rings is 1. The lowest BCUT2D eigenvalue weighted by Crippen LogP contribution is -2.49. The van der Waals surface area contributed by atoms with Crippen LogP contribution < -0.4 is 0 Å². The minimum absolute atomic E-state index is 0.0273. The van der Waals surface area contributed by atoms with Crippen molar-refractivity contribution in [1.82, 2.24) is 4.90 Å². The van der Waals surface area contributed by atoms with Gasteiger partial charge in [-0.1, -0.05) is 30.3 Å². The van der Waals surface area contributed by atoms with Crippen molar-refractivity contribution in [2.45, 2.75) is 25.3 Å². The summed E-state index contributed by atoms with van der Waals surface area (Å²) in [7, 11) is 0. The fraction of sp³-hybridized carbons (Fsp3) is 0.467. The van der Waals surface area contributed by atoms with Crippen LogP contribution in [0, 0.1) is 11.8 Å². The van der Waals surface area contributed by atoms with Crippen LogP contribution in [0.15, 0.2) is 30.3 Å². The van der Waals surface area contributed by atoms with Crippen LogP contribution in [0.5, 0.6) is 0 Å². The normalized spacial score (nSPS) is 27.7. The monoisotopic (exact) mass is 259 g/mol. The van der Waals surface area contributed by atoms with E-state index < -0.39 is 6.04 Å². The molecule has 2 aliphatic rings. The topological polar surface area (TPSA) is 57.6 Å². The first-order valence-electron chi connectivity index (χ1n) is 6.75. The Bertz CT molecular complexity index is 477. The zero-order valence-corrected chi connectivity index (χ0v) is 10.7. The van der Waals surface area contributed by atoms with Crippen LogP contribution in [-0.2, 0) is 9.59 Å². The van der Waals surface area contributed by atoms with Gasteiger partial charge in [0.2, 0.25) is 11.8 Å². The van der Waals surface area contributed by atoms with Crippen molar-refractivity contribution in [3.8, 4) is 0 Å². The number of likely N-dealkylation sites (tertiary alicyclic amines) is 1. The Kier molecular flexibility index (Phi) is 3.11. The quantitative estimate of drug-likeness (QED) is 0.837. The zero-order chi connectivity index (χ0) is 13.4. The van der Waals surface area contributed by atoms with E-state index in [2.05, 4.69) is 0 Å². The maximum Gasteiger partial charge on any atom is 0.232 e. The highest BCUT2D eigenvalue weighted by atomic mass is 16.3. The summed E-state index contributed by atoms with van der Waals surface area (Å²) in [6.07, 6.45) is 2.30. The minimum Gasteiger partial charge on any atom is -0.394 e. The van der Waals surface area contributed by atoms with Gasteiger partial charge in [-0.15, -0.1) is 0 Å². The van der Waals surface area contributed by atoms with Crippen molar-refractivity contribution >= 4 is 11.8 Å². The molecule has 1 saturated heterocycles. The minimum atomic E-state index is -0.537. The standard InChI is InChI=1S/C15H17NO3/c17-9-13(10-4-2-1-3-5-10)16-14(18)11-6-7-12(8-11)15(16)19/h1-5,11-13,17H,6-9H2/t11?,12?,13-/m0/s1. The second-order valence-corrected chi connectivity index (χ2v) is 5.36. The maximum atomic E-state index is 12.4. The van der Waals surface area contributed by atoms with Crippen molar-refractivity contribution < 1.29 is 14.7 Å². The molecule has 3 rings (SSSR count). The molecular weight excluding hydrogens is 242 g/mol. The summed E-state index contributed by atoms with van der Waals surface area (Å²) >= 11 is 0. The van der Waals surface area contributed by atoms with Gasteiger partial charge in [0.05, 0.1) is 12.6 Å². The van der Waals surface area contributed by atoms with E-state index in [1.165, 1.54) is 4.90 Å². The summed E-state index contributed by atoms with van der Waals surface area (Å²) in [6.45, 7) is -0.221. The van der Waals surface area contributed by atoms with Crippen LogP contribution in [0.4, 0.5) is 0 Å². The molecule has 1 aliphatic carbocycles. The lowest BCUT2D eigenvalue weighted by molar-refractivity contribution is -0.157. The van der Waals surface area contributed by atoms with Gasteiger partial charge in [-0.2, -0.15) is 0 Å². The van der Waals surface area contributed by atoms with E-state index in [1.54, 1.807) is 0 Å². The van der Waals surface area contributed by atoms with Crippen molar-refractivity contribution in [2.24, 2.45) is 11.8 Å². The SMILES string of the molecule is O=C1C2CCC(C2)C(=O)N1[C@@H](CO)c1ccccc1. The first-order valence-corrected chi connectivity index (χ1v) is 6.75. The lowest BCUT2D eigenvalue weighted by atomic mass is 9.94. The highest BCUT2D eigenvalue weighted by Crippen LogP contribution is 2.41. The fourth-order valence-electron chi connectivity index (χ4n) is 3.25. The summed E-state index contributed by atoms with van der Waals surface area (Å²) in [4.78, 5) is 26.0. The number of hydrogen-bond acceptors (Lipinski definition) is 3. The third-order valence-electron chi connectivity index (χ3n) is 4.27.